The van der Waals surface area contributed by atoms with Gasteiger partial charge in [-0.15, -0.1) is 24.0 Å². The Hall–Kier alpha value is -1.81. The molecule has 0 saturated heterocycles. The van der Waals surface area contributed by atoms with Crippen molar-refractivity contribution in [1.29, 1.82) is 0 Å². The highest BCUT2D eigenvalue weighted by molar-refractivity contribution is 14.0. The third kappa shape index (κ3) is 8.22. The molecule has 0 amide bonds. The van der Waals surface area contributed by atoms with Crippen molar-refractivity contribution in [3.63, 3.8) is 0 Å². The maximum absolute atomic E-state index is 11.5. The Balaban J connectivity index is 0.00000420. The number of benzene rings is 2. The van der Waals surface area contributed by atoms with Crippen molar-refractivity contribution in [3.8, 4) is 5.75 Å². The maximum atomic E-state index is 11.5. The lowest BCUT2D eigenvalue weighted by Gasteiger charge is -2.15. The Morgan fingerprint density at radius 3 is 2.21 bits per heavy atom. The Kier molecular flexibility index (Phi) is 10.5. The third-order valence-corrected chi connectivity index (χ3v) is 5.72. The molecule has 2 N–H and O–H groups in total. The quantitative estimate of drug-likeness (QED) is 0.310. The van der Waals surface area contributed by atoms with Gasteiger partial charge in [-0.2, -0.15) is 0 Å². The minimum absolute atomic E-state index is 0. The molecule has 0 aliphatic heterocycles. The van der Waals surface area contributed by atoms with Crippen LogP contribution in [0.4, 0.5) is 0 Å². The number of guanidine groups is 1. The molecule has 0 radical (unpaired) electrons. The number of nitrogens with one attached hydrogen (secondary N) is 2. The van der Waals surface area contributed by atoms with E-state index in [1.807, 2.05) is 24.3 Å². The average Bonchev–Trinajstić information content (AvgIpc) is 2.70. The van der Waals surface area contributed by atoms with Crippen LogP contribution in [0.1, 0.15) is 30.4 Å². The summed E-state index contributed by atoms with van der Waals surface area (Å²) in [6, 6.07) is 15.0. The number of sulfone groups is 1. The van der Waals surface area contributed by atoms with Gasteiger partial charge in [0, 0.05) is 26.4 Å². The molecule has 1 unspecified atom stereocenters. The Labute approximate surface area is 191 Å². The molecule has 0 aliphatic carbocycles. The number of methoxy groups -OCH3 is 1. The second-order valence-electron chi connectivity index (χ2n) is 6.73. The molecule has 0 saturated carbocycles. The van der Waals surface area contributed by atoms with Gasteiger partial charge < -0.3 is 15.4 Å². The molecule has 160 valence electrons. The Morgan fingerprint density at radius 2 is 1.69 bits per heavy atom. The molecular formula is C21H30IN3O3S. The number of hydrogen-bond donors (Lipinski definition) is 2. The number of nitrogens with zero attached hydrogens (tertiary/aromatic N) is 1. The number of halogens is 1. The summed E-state index contributed by atoms with van der Waals surface area (Å²) in [7, 11) is 0.233. The molecular weight excluding hydrogens is 501 g/mol. The van der Waals surface area contributed by atoms with E-state index in [1.54, 1.807) is 26.3 Å². The molecule has 0 aromatic heterocycles. The van der Waals surface area contributed by atoms with Gasteiger partial charge >= 0.3 is 0 Å². The van der Waals surface area contributed by atoms with Crippen LogP contribution < -0.4 is 15.4 Å². The van der Waals surface area contributed by atoms with Crippen LogP contribution >= 0.6 is 24.0 Å². The first-order valence-corrected chi connectivity index (χ1v) is 11.1. The van der Waals surface area contributed by atoms with Gasteiger partial charge in [0.2, 0.25) is 0 Å². The molecule has 2 aromatic carbocycles. The smallest absolute Gasteiger partial charge is 0.191 e. The van der Waals surface area contributed by atoms with Crippen LogP contribution in [0.15, 0.2) is 58.4 Å². The molecule has 8 heteroatoms. The monoisotopic (exact) mass is 531 g/mol. The van der Waals surface area contributed by atoms with Gasteiger partial charge in [-0.25, -0.2) is 8.42 Å². The minimum Gasteiger partial charge on any atom is -0.497 e. The standard InChI is InChI=1S/C21H29N3O3S.HI/c1-16(18-7-9-19(27-3)10-8-18)13-14-23-21(22-2)24-15-17-5-11-20(12-6-17)28(4,25)26;/h5-12,16H,13-15H2,1-4H3,(H2,22,23,24);1H. The van der Waals surface area contributed by atoms with Crippen molar-refractivity contribution in [2.45, 2.75) is 30.7 Å². The maximum Gasteiger partial charge on any atom is 0.191 e. The first-order valence-electron chi connectivity index (χ1n) is 9.21. The predicted octanol–water partition coefficient (Wildman–Crippen LogP) is 3.58. The highest BCUT2D eigenvalue weighted by Crippen LogP contribution is 2.21. The van der Waals surface area contributed by atoms with E-state index in [4.69, 9.17) is 4.74 Å². The molecule has 1 atom stereocenters. The van der Waals surface area contributed by atoms with Crippen molar-refractivity contribution >= 4 is 39.8 Å². The summed E-state index contributed by atoms with van der Waals surface area (Å²) < 4.78 is 28.2. The lowest BCUT2D eigenvalue weighted by atomic mass is 9.98. The van der Waals surface area contributed by atoms with E-state index in [0.717, 1.165) is 24.3 Å². The fourth-order valence-electron chi connectivity index (χ4n) is 2.77. The van der Waals surface area contributed by atoms with E-state index in [-0.39, 0.29) is 24.0 Å². The second kappa shape index (κ2) is 12.0. The molecule has 0 aliphatic rings. The highest BCUT2D eigenvalue weighted by atomic mass is 127. The topological polar surface area (TPSA) is 79.8 Å². The fourth-order valence-corrected chi connectivity index (χ4v) is 3.40. The molecule has 6 nitrogen and oxygen atoms in total. The molecule has 0 bridgehead atoms. The summed E-state index contributed by atoms with van der Waals surface area (Å²) >= 11 is 0. The molecule has 0 heterocycles. The van der Waals surface area contributed by atoms with Crippen LogP contribution in [-0.2, 0) is 16.4 Å². The van der Waals surface area contributed by atoms with Gasteiger partial charge in [0.15, 0.2) is 15.8 Å². The number of rotatable bonds is 8. The number of ether oxygens (including phenoxy) is 1. The van der Waals surface area contributed by atoms with E-state index >= 15 is 0 Å². The molecule has 2 aromatic rings. The first kappa shape index (κ1) is 25.2. The lowest BCUT2D eigenvalue weighted by molar-refractivity contribution is 0.414. The van der Waals surface area contributed by atoms with Crippen LogP contribution in [0.3, 0.4) is 0 Å². The van der Waals surface area contributed by atoms with Gasteiger partial charge in [-0.1, -0.05) is 31.2 Å². The predicted molar refractivity (Wildman–Crippen MR) is 129 cm³/mol. The summed E-state index contributed by atoms with van der Waals surface area (Å²) in [5, 5.41) is 6.56. The molecule has 29 heavy (non-hydrogen) atoms. The summed E-state index contributed by atoms with van der Waals surface area (Å²) in [6.07, 6.45) is 2.18. The van der Waals surface area contributed by atoms with Crippen molar-refractivity contribution in [3.05, 3.63) is 59.7 Å². The molecule has 0 fully saturated rings. The van der Waals surface area contributed by atoms with Crippen molar-refractivity contribution in [2.24, 2.45) is 4.99 Å². The van der Waals surface area contributed by atoms with Gasteiger partial charge in [-0.3, -0.25) is 4.99 Å². The SMILES string of the molecule is CN=C(NCCC(C)c1ccc(OC)cc1)NCc1ccc(S(C)(=O)=O)cc1.I. The van der Waals surface area contributed by atoms with E-state index in [2.05, 4.69) is 34.7 Å². The van der Waals surface area contributed by atoms with Gasteiger partial charge in [0.1, 0.15) is 5.75 Å². The van der Waals surface area contributed by atoms with Gasteiger partial charge in [0.25, 0.3) is 0 Å². The van der Waals surface area contributed by atoms with E-state index in [1.165, 1.54) is 11.8 Å². The third-order valence-electron chi connectivity index (χ3n) is 4.59. The van der Waals surface area contributed by atoms with E-state index in [9.17, 15) is 8.42 Å². The van der Waals surface area contributed by atoms with Crippen LogP contribution in [0, 0.1) is 0 Å². The van der Waals surface area contributed by atoms with Gasteiger partial charge in [-0.05, 0) is 47.7 Å². The highest BCUT2D eigenvalue weighted by Gasteiger charge is 2.08. The number of aliphatic imine (C=N–C) groups is 1. The lowest BCUT2D eigenvalue weighted by Crippen LogP contribution is -2.37. The molecule has 2 rings (SSSR count). The fraction of sp³-hybridized carbons (Fsp3) is 0.381. The van der Waals surface area contributed by atoms with Gasteiger partial charge in [0.05, 0.1) is 12.0 Å². The second-order valence-corrected chi connectivity index (χ2v) is 8.75. The van der Waals surface area contributed by atoms with E-state index < -0.39 is 9.84 Å². The average molecular weight is 531 g/mol. The Bertz CT molecular complexity index is 882. The summed E-state index contributed by atoms with van der Waals surface area (Å²) in [6.45, 7) is 3.56. The minimum atomic E-state index is -3.17. The van der Waals surface area contributed by atoms with Crippen molar-refractivity contribution < 1.29 is 13.2 Å². The van der Waals surface area contributed by atoms with Crippen molar-refractivity contribution in [1.82, 2.24) is 10.6 Å². The summed E-state index contributed by atoms with van der Waals surface area (Å²) in [4.78, 5) is 4.56. The zero-order valence-electron chi connectivity index (χ0n) is 17.3. The van der Waals surface area contributed by atoms with Crippen molar-refractivity contribution in [2.75, 3.05) is 27.0 Å². The largest absolute Gasteiger partial charge is 0.497 e. The van der Waals surface area contributed by atoms with Crippen LogP contribution in [0.5, 0.6) is 5.75 Å². The normalized spacial score (nSPS) is 12.6. The van der Waals surface area contributed by atoms with Crippen LogP contribution in [-0.4, -0.2) is 41.3 Å². The number of hydrogen-bond acceptors (Lipinski definition) is 4. The molecule has 0 spiro atoms. The Morgan fingerprint density at radius 1 is 1.07 bits per heavy atom. The summed E-state index contributed by atoms with van der Waals surface area (Å²) in [5.74, 6) is 2.00. The summed E-state index contributed by atoms with van der Waals surface area (Å²) in [5.41, 5.74) is 2.26. The first-order chi connectivity index (χ1) is 13.3. The van der Waals surface area contributed by atoms with Crippen LogP contribution in [0.25, 0.3) is 0 Å². The van der Waals surface area contributed by atoms with E-state index in [0.29, 0.717) is 23.3 Å². The zero-order valence-corrected chi connectivity index (χ0v) is 20.5. The van der Waals surface area contributed by atoms with Crippen LogP contribution in [0.2, 0.25) is 0 Å². The zero-order chi connectivity index (χ0) is 20.6.